The standard InChI is InChI=1S/C15H17N3O4/c19-13-11-6-2-3-7-12(11)16-17-18(13)10-22-14(20)15(21)8-4-1-5-9-15/h2-3,6-7,21H,1,4-5,8-10H2. The highest BCUT2D eigenvalue weighted by atomic mass is 16.6. The van der Waals surface area contributed by atoms with Crippen molar-refractivity contribution in [3.05, 3.63) is 34.6 Å². The van der Waals surface area contributed by atoms with Crippen molar-refractivity contribution in [2.75, 3.05) is 0 Å². The molecule has 7 heteroatoms. The first-order valence-corrected chi connectivity index (χ1v) is 7.32. The third-order valence-corrected chi connectivity index (χ3v) is 4.01. The first kappa shape index (κ1) is 14.6. The van der Waals surface area contributed by atoms with Crippen LogP contribution >= 0.6 is 0 Å². The van der Waals surface area contributed by atoms with Crippen molar-refractivity contribution in [3.63, 3.8) is 0 Å². The number of aliphatic hydroxyl groups is 1. The van der Waals surface area contributed by atoms with Crippen LogP contribution in [0.1, 0.15) is 32.1 Å². The van der Waals surface area contributed by atoms with Crippen LogP contribution in [0.15, 0.2) is 29.1 Å². The maximum atomic E-state index is 12.2. The highest BCUT2D eigenvalue weighted by molar-refractivity contribution is 5.79. The zero-order chi connectivity index (χ0) is 15.6. The molecule has 1 aliphatic carbocycles. The van der Waals surface area contributed by atoms with Crippen LogP contribution in [0.25, 0.3) is 10.9 Å². The molecule has 0 spiro atoms. The highest BCUT2D eigenvalue weighted by Crippen LogP contribution is 2.29. The Bertz CT molecular complexity index is 750. The molecule has 1 aromatic heterocycles. The van der Waals surface area contributed by atoms with Gasteiger partial charge in [0.15, 0.2) is 12.3 Å². The molecule has 116 valence electrons. The van der Waals surface area contributed by atoms with Gasteiger partial charge < -0.3 is 9.84 Å². The summed E-state index contributed by atoms with van der Waals surface area (Å²) in [5.41, 5.74) is -1.33. The lowest BCUT2D eigenvalue weighted by molar-refractivity contribution is -0.173. The summed E-state index contributed by atoms with van der Waals surface area (Å²) in [6.07, 6.45) is 3.38. The van der Waals surface area contributed by atoms with Gasteiger partial charge in [0, 0.05) is 0 Å². The molecule has 22 heavy (non-hydrogen) atoms. The number of benzene rings is 1. The normalized spacial score (nSPS) is 17.3. The average molecular weight is 303 g/mol. The first-order valence-electron chi connectivity index (χ1n) is 7.32. The number of rotatable bonds is 3. The summed E-state index contributed by atoms with van der Waals surface area (Å²) in [5, 5.41) is 18.3. The molecule has 1 N–H and O–H groups in total. The minimum absolute atomic E-state index is 0.349. The second-order valence-electron chi connectivity index (χ2n) is 5.56. The van der Waals surface area contributed by atoms with Crippen molar-refractivity contribution < 1.29 is 14.6 Å². The largest absolute Gasteiger partial charge is 0.440 e. The number of carbonyl (C=O) groups is 1. The number of hydrogen-bond acceptors (Lipinski definition) is 6. The van der Waals surface area contributed by atoms with E-state index < -0.39 is 11.6 Å². The van der Waals surface area contributed by atoms with Gasteiger partial charge in [-0.2, -0.15) is 4.68 Å². The van der Waals surface area contributed by atoms with Crippen LogP contribution in [0.3, 0.4) is 0 Å². The number of nitrogens with zero attached hydrogens (tertiary/aromatic N) is 3. The molecule has 1 aliphatic rings. The fourth-order valence-corrected chi connectivity index (χ4v) is 2.70. The molecule has 1 heterocycles. The molecule has 0 amide bonds. The Balaban J connectivity index is 1.75. The van der Waals surface area contributed by atoms with Gasteiger partial charge in [0.25, 0.3) is 5.56 Å². The molecule has 0 radical (unpaired) electrons. The molecular formula is C15H17N3O4. The summed E-state index contributed by atoms with van der Waals surface area (Å²) in [6.45, 7) is -0.349. The van der Waals surface area contributed by atoms with E-state index in [9.17, 15) is 14.7 Å². The van der Waals surface area contributed by atoms with Gasteiger partial charge in [-0.25, -0.2) is 4.79 Å². The third kappa shape index (κ3) is 2.71. The Labute approximate surface area is 126 Å². The molecule has 0 unspecified atom stereocenters. The van der Waals surface area contributed by atoms with Crippen LogP contribution in [0.4, 0.5) is 0 Å². The van der Waals surface area contributed by atoms with Crippen molar-refractivity contribution in [3.8, 4) is 0 Å². The quantitative estimate of drug-likeness (QED) is 0.850. The minimum atomic E-state index is -1.44. The molecule has 1 fully saturated rings. The maximum Gasteiger partial charge on any atom is 0.339 e. The monoisotopic (exact) mass is 303 g/mol. The van der Waals surface area contributed by atoms with Crippen molar-refractivity contribution >= 4 is 16.9 Å². The summed E-state index contributed by atoms with van der Waals surface area (Å²) >= 11 is 0. The van der Waals surface area contributed by atoms with E-state index in [1.165, 1.54) is 0 Å². The lowest BCUT2D eigenvalue weighted by Crippen LogP contribution is -2.42. The van der Waals surface area contributed by atoms with Crippen molar-refractivity contribution in [1.82, 2.24) is 15.0 Å². The zero-order valence-electron chi connectivity index (χ0n) is 12.1. The van der Waals surface area contributed by atoms with Crippen LogP contribution in [0.5, 0.6) is 0 Å². The van der Waals surface area contributed by atoms with E-state index >= 15 is 0 Å². The van der Waals surface area contributed by atoms with Gasteiger partial charge in [0.2, 0.25) is 0 Å². The number of esters is 1. The molecular weight excluding hydrogens is 286 g/mol. The molecule has 1 aromatic carbocycles. The predicted octanol–water partition coefficient (Wildman–Crippen LogP) is 0.987. The average Bonchev–Trinajstić information content (AvgIpc) is 2.55. The first-order chi connectivity index (χ1) is 10.6. The second-order valence-corrected chi connectivity index (χ2v) is 5.56. The summed E-state index contributed by atoms with van der Waals surface area (Å²) in [5.74, 6) is -0.700. The van der Waals surface area contributed by atoms with Crippen molar-refractivity contribution in [2.24, 2.45) is 0 Å². The van der Waals surface area contributed by atoms with E-state index in [2.05, 4.69) is 10.3 Å². The van der Waals surface area contributed by atoms with Crippen molar-refractivity contribution in [2.45, 2.75) is 44.4 Å². The molecule has 7 nitrogen and oxygen atoms in total. The number of ether oxygens (including phenoxy) is 1. The Hall–Kier alpha value is -2.28. The maximum absolute atomic E-state index is 12.2. The highest BCUT2D eigenvalue weighted by Gasteiger charge is 2.38. The van der Waals surface area contributed by atoms with Gasteiger partial charge in [-0.3, -0.25) is 4.79 Å². The van der Waals surface area contributed by atoms with E-state index in [1.807, 2.05) is 0 Å². The lowest BCUT2D eigenvalue weighted by Gasteiger charge is -2.29. The van der Waals surface area contributed by atoms with Gasteiger partial charge in [0.1, 0.15) is 5.52 Å². The summed E-state index contributed by atoms with van der Waals surface area (Å²) in [4.78, 5) is 24.2. The Morgan fingerprint density at radius 3 is 2.77 bits per heavy atom. The van der Waals surface area contributed by atoms with Gasteiger partial charge >= 0.3 is 5.97 Å². The fraction of sp³-hybridized carbons (Fsp3) is 0.467. The predicted molar refractivity (Wildman–Crippen MR) is 77.9 cm³/mol. The summed E-state index contributed by atoms with van der Waals surface area (Å²) in [6, 6.07) is 6.82. The van der Waals surface area contributed by atoms with Crippen molar-refractivity contribution in [1.29, 1.82) is 0 Å². The van der Waals surface area contributed by atoms with Gasteiger partial charge in [-0.1, -0.05) is 23.8 Å². The van der Waals surface area contributed by atoms with E-state index in [-0.39, 0.29) is 12.3 Å². The number of aromatic nitrogens is 3. The summed E-state index contributed by atoms with van der Waals surface area (Å²) < 4.78 is 6.05. The SMILES string of the molecule is O=C(OCn1nnc2ccccc2c1=O)C1(O)CCCCC1. The molecule has 0 saturated heterocycles. The van der Waals surface area contributed by atoms with Crippen LogP contribution in [0, 0.1) is 0 Å². The molecule has 0 atom stereocenters. The van der Waals surface area contributed by atoms with Crippen LogP contribution in [0.2, 0.25) is 0 Å². The summed E-state index contributed by atoms with van der Waals surface area (Å²) in [7, 11) is 0. The lowest BCUT2D eigenvalue weighted by atomic mass is 9.85. The molecule has 3 rings (SSSR count). The molecule has 0 bridgehead atoms. The van der Waals surface area contributed by atoms with Crippen LogP contribution in [-0.2, 0) is 16.3 Å². The molecule has 1 saturated carbocycles. The van der Waals surface area contributed by atoms with E-state index in [1.54, 1.807) is 24.3 Å². The zero-order valence-corrected chi connectivity index (χ0v) is 12.1. The Morgan fingerprint density at radius 2 is 2.00 bits per heavy atom. The van der Waals surface area contributed by atoms with E-state index in [0.29, 0.717) is 23.7 Å². The number of fused-ring (bicyclic) bond motifs is 1. The number of hydrogen-bond donors (Lipinski definition) is 1. The number of carbonyl (C=O) groups excluding carboxylic acids is 1. The topological polar surface area (TPSA) is 94.3 Å². The Kier molecular flexibility index (Phi) is 3.89. The third-order valence-electron chi connectivity index (χ3n) is 4.01. The molecule has 2 aromatic rings. The van der Waals surface area contributed by atoms with E-state index in [4.69, 9.17) is 4.74 Å². The van der Waals surface area contributed by atoms with Gasteiger partial charge in [-0.15, -0.1) is 5.10 Å². The van der Waals surface area contributed by atoms with Gasteiger partial charge in [-0.05, 0) is 37.8 Å². The smallest absolute Gasteiger partial charge is 0.339 e. The second kappa shape index (κ2) is 5.84. The minimum Gasteiger partial charge on any atom is -0.440 e. The molecule has 0 aliphatic heterocycles. The fourth-order valence-electron chi connectivity index (χ4n) is 2.70. The van der Waals surface area contributed by atoms with Crippen LogP contribution in [-0.4, -0.2) is 31.7 Å². The van der Waals surface area contributed by atoms with E-state index in [0.717, 1.165) is 23.9 Å². The van der Waals surface area contributed by atoms with Gasteiger partial charge in [0.05, 0.1) is 5.39 Å². The Morgan fingerprint density at radius 1 is 1.27 bits per heavy atom. The van der Waals surface area contributed by atoms with Crippen LogP contribution < -0.4 is 5.56 Å².